The number of aromatic nitrogens is 2. The normalized spacial score (nSPS) is 10.7. The second-order valence-electron chi connectivity index (χ2n) is 7.19. The number of rotatable bonds is 6. The maximum absolute atomic E-state index is 4.55. The van der Waals surface area contributed by atoms with Crippen LogP contribution < -0.4 is 0 Å². The molecule has 0 amide bonds. The van der Waals surface area contributed by atoms with Gasteiger partial charge in [-0.1, -0.05) is 79.9 Å². The summed E-state index contributed by atoms with van der Waals surface area (Å²) < 4.78 is 1.95. The van der Waals surface area contributed by atoms with Gasteiger partial charge < -0.3 is 0 Å². The summed E-state index contributed by atoms with van der Waals surface area (Å²) in [6, 6.07) is 27.9. The third-order valence-corrected chi connectivity index (χ3v) is 5.14. The monoisotopic (exact) mass is 376 g/mol. The van der Waals surface area contributed by atoms with E-state index in [0.717, 1.165) is 29.1 Å². The minimum absolute atomic E-state index is 0.894. The lowest BCUT2D eigenvalue weighted by molar-refractivity contribution is 0.843. The van der Waals surface area contributed by atoms with Crippen LogP contribution in [0.4, 0.5) is 0 Å². The molecule has 0 spiro atoms. The van der Waals surface area contributed by atoms with Gasteiger partial charge in [-0.05, 0) is 65.4 Å². The van der Waals surface area contributed by atoms with Crippen molar-refractivity contribution in [2.45, 2.75) is 13.3 Å². The molecule has 0 fully saturated rings. The van der Waals surface area contributed by atoms with Gasteiger partial charge in [0.25, 0.3) is 0 Å². The number of benzene rings is 3. The SMILES string of the molecule is C=Cc1ccc(-c2ccc(Cc3ccc(-n4nc(C=C)cc4C)cc3)cc2)cc1. The van der Waals surface area contributed by atoms with Gasteiger partial charge in [0, 0.05) is 5.69 Å². The summed E-state index contributed by atoms with van der Waals surface area (Å²) in [5, 5.41) is 4.55. The zero-order valence-electron chi connectivity index (χ0n) is 16.7. The van der Waals surface area contributed by atoms with Crippen LogP contribution in [0, 0.1) is 6.92 Å². The van der Waals surface area contributed by atoms with E-state index in [2.05, 4.69) is 98.0 Å². The summed E-state index contributed by atoms with van der Waals surface area (Å²) in [4.78, 5) is 0. The smallest absolute Gasteiger partial charge is 0.0852 e. The number of nitrogens with zero attached hydrogens (tertiary/aromatic N) is 2. The summed E-state index contributed by atoms with van der Waals surface area (Å²) in [6.07, 6.45) is 4.55. The fourth-order valence-corrected chi connectivity index (χ4v) is 3.48. The summed E-state index contributed by atoms with van der Waals surface area (Å²) >= 11 is 0. The Morgan fingerprint density at radius 3 is 1.83 bits per heavy atom. The minimum atomic E-state index is 0.894. The average Bonchev–Trinajstić information content (AvgIpc) is 3.16. The molecule has 0 N–H and O–H groups in total. The van der Waals surface area contributed by atoms with Gasteiger partial charge in [0.15, 0.2) is 0 Å². The Labute approximate surface area is 172 Å². The van der Waals surface area contributed by atoms with E-state index in [4.69, 9.17) is 0 Å². The molecule has 0 aliphatic rings. The van der Waals surface area contributed by atoms with Crippen molar-refractivity contribution in [3.63, 3.8) is 0 Å². The molecule has 0 saturated carbocycles. The first-order valence-electron chi connectivity index (χ1n) is 9.76. The largest absolute Gasteiger partial charge is 0.238 e. The second-order valence-corrected chi connectivity index (χ2v) is 7.19. The Hall–Kier alpha value is -3.65. The Kier molecular flexibility index (Phi) is 5.26. The van der Waals surface area contributed by atoms with Crippen molar-refractivity contribution in [1.29, 1.82) is 0 Å². The lowest BCUT2D eigenvalue weighted by Crippen LogP contribution is -1.99. The zero-order valence-corrected chi connectivity index (χ0v) is 16.7. The standard InChI is InChI=1S/C27H24N2/c1-4-21-6-12-24(13-7-21)25-14-8-22(9-15-25)19-23-10-16-27(17-11-23)29-20(3)18-26(5-2)28-29/h4-18H,1-2,19H2,3H3. The Balaban J connectivity index is 1.48. The van der Waals surface area contributed by atoms with Crippen molar-refractivity contribution in [2.75, 3.05) is 0 Å². The molecule has 29 heavy (non-hydrogen) atoms. The molecule has 0 unspecified atom stereocenters. The van der Waals surface area contributed by atoms with Crippen molar-refractivity contribution in [1.82, 2.24) is 9.78 Å². The van der Waals surface area contributed by atoms with Crippen LogP contribution in [0.3, 0.4) is 0 Å². The highest BCUT2D eigenvalue weighted by Gasteiger charge is 2.05. The molecule has 1 heterocycles. The van der Waals surface area contributed by atoms with E-state index in [1.807, 2.05) is 16.8 Å². The molecule has 0 atom stereocenters. The highest BCUT2D eigenvalue weighted by molar-refractivity contribution is 5.65. The van der Waals surface area contributed by atoms with Gasteiger partial charge in [-0.15, -0.1) is 0 Å². The van der Waals surface area contributed by atoms with Crippen LogP contribution in [0.15, 0.2) is 92.0 Å². The van der Waals surface area contributed by atoms with Gasteiger partial charge in [-0.25, -0.2) is 4.68 Å². The first kappa shape index (κ1) is 18.7. The lowest BCUT2D eigenvalue weighted by Gasteiger charge is -2.08. The molecule has 4 rings (SSSR count). The number of hydrogen-bond donors (Lipinski definition) is 0. The molecule has 4 aromatic rings. The summed E-state index contributed by atoms with van der Waals surface area (Å²) in [6.45, 7) is 9.66. The first-order valence-corrected chi connectivity index (χ1v) is 9.76. The minimum Gasteiger partial charge on any atom is -0.238 e. The Morgan fingerprint density at radius 1 is 0.759 bits per heavy atom. The number of aryl methyl sites for hydroxylation is 1. The summed E-state index contributed by atoms with van der Waals surface area (Å²) in [7, 11) is 0. The number of hydrogen-bond acceptors (Lipinski definition) is 1. The van der Waals surface area contributed by atoms with Gasteiger partial charge in [0.2, 0.25) is 0 Å². The van der Waals surface area contributed by atoms with Gasteiger partial charge in [-0.3, -0.25) is 0 Å². The molecule has 0 aliphatic heterocycles. The van der Waals surface area contributed by atoms with E-state index >= 15 is 0 Å². The van der Waals surface area contributed by atoms with Crippen molar-refractivity contribution in [2.24, 2.45) is 0 Å². The van der Waals surface area contributed by atoms with Gasteiger partial charge >= 0.3 is 0 Å². The van der Waals surface area contributed by atoms with Crippen LogP contribution in [0.25, 0.3) is 29.0 Å². The Morgan fingerprint density at radius 2 is 1.31 bits per heavy atom. The van der Waals surface area contributed by atoms with Crippen LogP contribution >= 0.6 is 0 Å². The quantitative estimate of drug-likeness (QED) is 0.365. The lowest BCUT2D eigenvalue weighted by atomic mass is 9.99. The fourth-order valence-electron chi connectivity index (χ4n) is 3.48. The molecule has 3 aromatic carbocycles. The van der Waals surface area contributed by atoms with Crippen molar-refractivity contribution >= 4 is 12.2 Å². The van der Waals surface area contributed by atoms with E-state index in [0.29, 0.717) is 0 Å². The highest BCUT2D eigenvalue weighted by atomic mass is 15.3. The van der Waals surface area contributed by atoms with Crippen LogP contribution in [-0.2, 0) is 6.42 Å². The molecule has 0 radical (unpaired) electrons. The zero-order chi connectivity index (χ0) is 20.2. The molecule has 142 valence electrons. The highest BCUT2D eigenvalue weighted by Crippen LogP contribution is 2.22. The predicted octanol–water partition coefficient (Wildman–Crippen LogP) is 6.72. The summed E-state index contributed by atoms with van der Waals surface area (Å²) in [5.74, 6) is 0. The van der Waals surface area contributed by atoms with Gasteiger partial charge in [0.1, 0.15) is 0 Å². The third-order valence-electron chi connectivity index (χ3n) is 5.14. The van der Waals surface area contributed by atoms with E-state index in [9.17, 15) is 0 Å². The molecule has 1 aromatic heterocycles. The van der Waals surface area contributed by atoms with Crippen LogP contribution in [-0.4, -0.2) is 9.78 Å². The van der Waals surface area contributed by atoms with E-state index in [1.54, 1.807) is 6.08 Å². The first-order chi connectivity index (χ1) is 14.2. The van der Waals surface area contributed by atoms with E-state index < -0.39 is 0 Å². The van der Waals surface area contributed by atoms with Crippen LogP contribution in [0.5, 0.6) is 0 Å². The molecule has 0 saturated heterocycles. The molecule has 2 nitrogen and oxygen atoms in total. The van der Waals surface area contributed by atoms with Crippen molar-refractivity contribution in [3.8, 4) is 16.8 Å². The van der Waals surface area contributed by atoms with E-state index in [-0.39, 0.29) is 0 Å². The topological polar surface area (TPSA) is 17.8 Å². The Bertz CT molecular complexity index is 1130. The summed E-state index contributed by atoms with van der Waals surface area (Å²) in [5.41, 5.74) is 9.23. The second kappa shape index (κ2) is 8.15. The maximum atomic E-state index is 4.55. The molecule has 2 heteroatoms. The van der Waals surface area contributed by atoms with Crippen LogP contribution in [0.2, 0.25) is 0 Å². The average molecular weight is 377 g/mol. The third kappa shape index (κ3) is 4.12. The molecule has 0 bridgehead atoms. The molecular weight excluding hydrogens is 352 g/mol. The molecule has 0 aliphatic carbocycles. The fraction of sp³-hybridized carbons (Fsp3) is 0.0741. The van der Waals surface area contributed by atoms with Crippen molar-refractivity contribution in [3.05, 3.63) is 120 Å². The van der Waals surface area contributed by atoms with Crippen LogP contribution in [0.1, 0.15) is 28.1 Å². The van der Waals surface area contributed by atoms with E-state index in [1.165, 1.54) is 22.3 Å². The van der Waals surface area contributed by atoms with Gasteiger partial charge in [-0.2, -0.15) is 5.10 Å². The van der Waals surface area contributed by atoms with Gasteiger partial charge in [0.05, 0.1) is 11.4 Å². The molecular formula is C27H24N2. The predicted molar refractivity (Wildman–Crippen MR) is 123 cm³/mol. The van der Waals surface area contributed by atoms with Crippen molar-refractivity contribution < 1.29 is 0 Å². The maximum Gasteiger partial charge on any atom is 0.0852 e.